The summed E-state index contributed by atoms with van der Waals surface area (Å²) in [6, 6.07) is 0. The molecule has 0 saturated carbocycles. The van der Waals surface area contributed by atoms with Crippen molar-refractivity contribution in [3.8, 4) is 0 Å². The molecule has 0 aliphatic carbocycles. The third-order valence-electron chi connectivity index (χ3n) is 3.59. The lowest BCUT2D eigenvalue weighted by molar-refractivity contribution is -0.334. The first kappa shape index (κ1) is 20.7. The fourth-order valence-electron chi connectivity index (χ4n) is 2.52. The minimum atomic E-state index is -2.79. The molecule has 2 heterocycles. The maximum atomic E-state index is 11.5. The van der Waals surface area contributed by atoms with E-state index < -0.39 is 57.9 Å². The predicted octanol–water partition coefficient (Wildman–Crippen LogP) is 0.991. The Morgan fingerprint density at radius 3 is 2.17 bits per heavy atom. The number of aliphatic carboxylic acids is 1. The van der Waals surface area contributed by atoms with Gasteiger partial charge in [0.15, 0.2) is 21.6 Å². The zero-order chi connectivity index (χ0) is 18.5. The molecule has 140 valence electrons. The second-order valence-corrected chi connectivity index (χ2v) is 8.02. The summed E-state index contributed by atoms with van der Waals surface area (Å²) in [6.45, 7) is 2.38. The van der Waals surface area contributed by atoms with Crippen LogP contribution >= 0.6 is 46.4 Å². The van der Waals surface area contributed by atoms with Gasteiger partial charge in [-0.3, -0.25) is 0 Å². The molecule has 0 unspecified atom stereocenters. The van der Waals surface area contributed by atoms with Gasteiger partial charge < -0.3 is 34.3 Å². The van der Waals surface area contributed by atoms with Crippen LogP contribution in [0.15, 0.2) is 0 Å². The Morgan fingerprint density at radius 1 is 1.17 bits per heavy atom. The third-order valence-corrected chi connectivity index (χ3v) is 4.81. The largest absolute Gasteiger partial charge is 0.477 e. The number of halogens is 4. The minimum absolute atomic E-state index is 0.396. The van der Waals surface area contributed by atoms with Crippen molar-refractivity contribution in [2.24, 2.45) is 0 Å². The summed E-state index contributed by atoms with van der Waals surface area (Å²) < 4.78 is 21.2. The first-order chi connectivity index (χ1) is 10.9. The van der Waals surface area contributed by atoms with Crippen LogP contribution < -0.4 is 0 Å². The summed E-state index contributed by atoms with van der Waals surface area (Å²) in [5.41, 5.74) is 0. The number of rotatable bonds is 4. The van der Waals surface area contributed by atoms with Crippen molar-refractivity contribution in [2.45, 2.75) is 59.2 Å². The molecule has 2 rings (SSSR count). The molecule has 0 aromatic carbocycles. The number of carbonyl (C=O) groups is 1. The molecule has 0 aromatic rings. The lowest BCUT2D eigenvalue weighted by Gasteiger charge is -2.46. The lowest BCUT2D eigenvalue weighted by Crippen LogP contribution is -2.65. The summed E-state index contributed by atoms with van der Waals surface area (Å²) in [6.07, 6.45) is -4.49. The Hall–Kier alpha value is 0.390. The summed E-state index contributed by atoms with van der Waals surface area (Å²) in [5, 5.41) is 29.8. The smallest absolute Gasteiger partial charge is 0.367 e. The molecule has 4 atom stereocenters. The van der Waals surface area contributed by atoms with Gasteiger partial charge in [0.1, 0.15) is 12.2 Å². The molecular weight excluding hydrogens is 414 g/mol. The normalized spacial score (nSPS) is 38.7. The van der Waals surface area contributed by atoms with Gasteiger partial charge in [0.2, 0.25) is 5.79 Å². The maximum Gasteiger partial charge on any atom is 0.367 e. The highest BCUT2D eigenvalue weighted by atomic mass is 35.5. The molecule has 2 aliphatic heterocycles. The molecule has 2 saturated heterocycles. The summed E-state index contributed by atoms with van der Waals surface area (Å²) >= 11 is 23.3. The molecule has 0 spiro atoms. The molecule has 12 heteroatoms. The van der Waals surface area contributed by atoms with Crippen molar-refractivity contribution < 1.29 is 39.1 Å². The molecule has 2 fully saturated rings. The van der Waals surface area contributed by atoms with Crippen LogP contribution in [-0.4, -0.2) is 73.2 Å². The molecular formula is C12H16Cl4O8. The number of aliphatic hydroxyl groups excluding tert-OH is 1. The van der Waals surface area contributed by atoms with E-state index in [0.717, 1.165) is 0 Å². The number of carboxylic acid groups (broad SMARTS) is 1. The topological polar surface area (TPSA) is 115 Å². The first-order valence-corrected chi connectivity index (χ1v) is 8.50. The van der Waals surface area contributed by atoms with Gasteiger partial charge >= 0.3 is 5.97 Å². The molecule has 8 nitrogen and oxygen atoms in total. The Kier molecular flexibility index (Phi) is 5.90. The lowest BCUT2D eigenvalue weighted by atomic mass is 9.98. The quantitative estimate of drug-likeness (QED) is 0.566. The summed E-state index contributed by atoms with van der Waals surface area (Å²) in [5.74, 6) is -7.95. The number of carboxylic acids is 1. The number of alkyl halides is 4. The van der Waals surface area contributed by atoms with Gasteiger partial charge in [-0.05, 0) is 13.8 Å². The van der Waals surface area contributed by atoms with Gasteiger partial charge in [-0.15, -0.1) is 0 Å². The highest BCUT2D eigenvalue weighted by molar-refractivity contribution is 6.49. The van der Waals surface area contributed by atoms with Crippen LogP contribution in [0.25, 0.3) is 0 Å². The monoisotopic (exact) mass is 428 g/mol. The zero-order valence-electron chi connectivity index (χ0n) is 12.5. The van der Waals surface area contributed by atoms with Crippen LogP contribution in [0, 0.1) is 0 Å². The second-order valence-electron chi connectivity index (χ2n) is 5.83. The standard InChI is InChI=1S/C12H16Cl4O8/c1-10(2)23-6(11(20,24-10)9(18)19)5-4(17)3-21-12(22-5,7(13)14)8(15)16/h4-8,17,20H,3H2,1-2H3,(H,18,19)/t4-,5+,6-,11-/m0/s1. The van der Waals surface area contributed by atoms with Crippen LogP contribution in [-0.2, 0) is 23.7 Å². The third kappa shape index (κ3) is 3.46. The Balaban J connectivity index is 2.39. The summed E-state index contributed by atoms with van der Waals surface area (Å²) in [7, 11) is 0. The van der Waals surface area contributed by atoms with E-state index in [-0.39, 0.29) is 0 Å². The van der Waals surface area contributed by atoms with Crippen LogP contribution in [0.3, 0.4) is 0 Å². The molecule has 0 bridgehead atoms. The number of aliphatic hydroxyl groups is 2. The Labute approximate surface area is 157 Å². The molecule has 0 aromatic heterocycles. The van der Waals surface area contributed by atoms with Crippen molar-refractivity contribution in [1.82, 2.24) is 0 Å². The average Bonchev–Trinajstić information content (AvgIpc) is 2.70. The minimum Gasteiger partial charge on any atom is -0.477 e. The van der Waals surface area contributed by atoms with E-state index in [1.807, 2.05) is 0 Å². The van der Waals surface area contributed by atoms with Crippen molar-refractivity contribution in [2.75, 3.05) is 6.61 Å². The fourth-order valence-corrected chi connectivity index (χ4v) is 3.74. The van der Waals surface area contributed by atoms with Gasteiger partial charge in [0.25, 0.3) is 5.79 Å². The highest BCUT2D eigenvalue weighted by Gasteiger charge is 2.65. The van der Waals surface area contributed by atoms with Crippen molar-refractivity contribution >= 4 is 52.4 Å². The number of hydrogen-bond acceptors (Lipinski definition) is 7. The van der Waals surface area contributed by atoms with E-state index in [0.29, 0.717) is 0 Å². The molecule has 3 N–H and O–H groups in total. The first-order valence-electron chi connectivity index (χ1n) is 6.75. The Morgan fingerprint density at radius 2 is 1.71 bits per heavy atom. The van der Waals surface area contributed by atoms with Gasteiger partial charge in [0.05, 0.1) is 6.61 Å². The van der Waals surface area contributed by atoms with Crippen LogP contribution in [0.5, 0.6) is 0 Å². The van der Waals surface area contributed by atoms with Crippen LogP contribution in [0.4, 0.5) is 0 Å². The van der Waals surface area contributed by atoms with Crippen LogP contribution in [0.2, 0.25) is 0 Å². The highest BCUT2D eigenvalue weighted by Crippen LogP contribution is 2.44. The van der Waals surface area contributed by atoms with Gasteiger partial charge in [-0.25, -0.2) is 4.79 Å². The Bertz CT molecular complexity index is 493. The van der Waals surface area contributed by atoms with Crippen molar-refractivity contribution in [1.29, 1.82) is 0 Å². The molecule has 0 radical (unpaired) electrons. The number of ether oxygens (including phenoxy) is 4. The van der Waals surface area contributed by atoms with E-state index >= 15 is 0 Å². The van der Waals surface area contributed by atoms with E-state index in [2.05, 4.69) is 0 Å². The fraction of sp³-hybridized carbons (Fsp3) is 0.917. The van der Waals surface area contributed by atoms with E-state index in [4.69, 9.17) is 65.4 Å². The predicted molar refractivity (Wildman–Crippen MR) is 83.2 cm³/mol. The van der Waals surface area contributed by atoms with Crippen molar-refractivity contribution in [3.63, 3.8) is 0 Å². The van der Waals surface area contributed by atoms with Gasteiger partial charge in [-0.2, -0.15) is 0 Å². The average molecular weight is 430 g/mol. The molecule has 24 heavy (non-hydrogen) atoms. The molecule has 2 aliphatic rings. The maximum absolute atomic E-state index is 11.5. The van der Waals surface area contributed by atoms with Crippen molar-refractivity contribution in [3.05, 3.63) is 0 Å². The van der Waals surface area contributed by atoms with E-state index in [1.165, 1.54) is 13.8 Å². The summed E-state index contributed by atoms with van der Waals surface area (Å²) in [4.78, 5) is 8.70. The zero-order valence-corrected chi connectivity index (χ0v) is 15.5. The van der Waals surface area contributed by atoms with E-state index in [9.17, 15) is 20.1 Å². The van der Waals surface area contributed by atoms with Crippen LogP contribution in [0.1, 0.15) is 13.8 Å². The SMILES string of the molecule is CC1(C)O[C@@H]([C@@H]2OC(C(Cl)Cl)(C(Cl)Cl)OC[C@@H]2O)[C@@](O)(C(=O)O)O1. The van der Waals surface area contributed by atoms with Gasteiger partial charge in [0, 0.05) is 0 Å². The van der Waals surface area contributed by atoms with Gasteiger partial charge in [-0.1, -0.05) is 46.4 Å². The van der Waals surface area contributed by atoms with E-state index in [1.54, 1.807) is 0 Å². The molecule has 0 amide bonds. The number of hydrogen-bond donors (Lipinski definition) is 3. The second kappa shape index (κ2) is 6.84.